The SMILES string of the molecule is Fc1cnc(-n2ccc(C(F)F)n2)nc1. The second kappa shape index (κ2) is 3.68. The molecule has 0 amide bonds. The van der Waals surface area contributed by atoms with Crippen LogP contribution in [0.5, 0.6) is 0 Å². The molecule has 0 aliphatic carbocycles. The van der Waals surface area contributed by atoms with Gasteiger partial charge in [-0.05, 0) is 6.07 Å². The predicted molar refractivity (Wildman–Crippen MR) is 44.1 cm³/mol. The number of aromatic nitrogens is 4. The van der Waals surface area contributed by atoms with Crippen LogP contribution < -0.4 is 0 Å². The maximum Gasteiger partial charge on any atom is 0.282 e. The second-order valence-corrected chi connectivity index (χ2v) is 2.69. The highest BCUT2D eigenvalue weighted by molar-refractivity contribution is 5.12. The van der Waals surface area contributed by atoms with Crippen molar-refractivity contribution in [2.24, 2.45) is 0 Å². The van der Waals surface area contributed by atoms with Crippen LogP contribution in [0.25, 0.3) is 5.95 Å². The summed E-state index contributed by atoms with van der Waals surface area (Å²) in [5.41, 5.74) is -0.372. The molecule has 0 spiro atoms. The highest BCUT2D eigenvalue weighted by Crippen LogP contribution is 2.16. The van der Waals surface area contributed by atoms with E-state index in [0.29, 0.717) is 0 Å². The fourth-order valence-electron chi connectivity index (χ4n) is 0.990. The Balaban J connectivity index is 2.33. The summed E-state index contributed by atoms with van der Waals surface area (Å²) in [6.07, 6.45) is 0.513. The van der Waals surface area contributed by atoms with E-state index in [-0.39, 0.29) is 11.6 Å². The third-order valence-electron chi connectivity index (χ3n) is 1.64. The van der Waals surface area contributed by atoms with Gasteiger partial charge in [-0.1, -0.05) is 0 Å². The molecule has 0 aliphatic heterocycles. The van der Waals surface area contributed by atoms with Crippen molar-refractivity contribution in [1.29, 1.82) is 0 Å². The molecule has 0 fully saturated rings. The van der Waals surface area contributed by atoms with E-state index >= 15 is 0 Å². The van der Waals surface area contributed by atoms with Crippen LogP contribution in [0, 0.1) is 5.82 Å². The Morgan fingerprint density at radius 2 is 1.87 bits per heavy atom. The maximum absolute atomic E-state index is 12.5. The van der Waals surface area contributed by atoms with Gasteiger partial charge in [-0.3, -0.25) is 0 Å². The van der Waals surface area contributed by atoms with E-state index in [0.717, 1.165) is 23.1 Å². The van der Waals surface area contributed by atoms with Crippen LogP contribution in [-0.4, -0.2) is 19.7 Å². The largest absolute Gasteiger partial charge is 0.282 e. The first-order valence-electron chi connectivity index (χ1n) is 3.98. The van der Waals surface area contributed by atoms with E-state index in [2.05, 4.69) is 15.1 Å². The zero-order chi connectivity index (χ0) is 10.8. The fourth-order valence-corrected chi connectivity index (χ4v) is 0.990. The number of hydrogen-bond donors (Lipinski definition) is 0. The maximum atomic E-state index is 12.5. The molecule has 0 unspecified atom stereocenters. The second-order valence-electron chi connectivity index (χ2n) is 2.69. The first-order chi connectivity index (χ1) is 7.16. The smallest absolute Gasteiger partial charge is 0.217 e. The Bertz CT molecular complexity index is 451. The third-order valence-corrected chi connectivity index (χ3v) is 1.64. The van der Waals surface area contributed by atoms with Gasteiger partial charge in [0, 0.05) is 6.20 Å². The average Bonchev–Trinajstić information content (AvgIpc) is 2.68. The summed E-state index contributed by atoms with van der Waals surface area (Å²) in [7, 11) is 0. The summed E-state index contributed by atoms with van der Waals surface area (Å²) in [6, 6.07) is 1.15. The molecule has 0 N–H and O–H groups in total. The molecule has 2 rings (SSSR count). The number of nitrogens with zero attached hydrogens (tertiary/aromatic N) is 4. The summed E-state index contributed by atoms with van der Waals surface area (Å²) < 4.78 is 37.9. The van der Waals surface area contributed by atoms with Crippen LogP contribution in [-0.2, 0) is 0 Å². The third kappa shape index (κ3) is 1.95. The summed E-state index contributed by atoms with van der Waals surface area (Å²) in [5, 5.41) is 3.53. The minimum absolute atomic E-state index is 0.0447. The Kier molecular flexibility index (Phi) is 2.36. The van der Waals surface area contributed by atoms with Crippen LogP contribution in [0.2, 0.25) is 0 Å². The van der Waals surface area contributed by atoms with E-state index in [1.54, 1.807) is 0 Å². The van der Waals surface area contributed by atoms with E-state index in [1.807, 2.05) is 0 Å². The fraction of sp³-hybridized carbons (Fsp3) is 0.125. The lowest BCUT2D eigenvalue weighted by atomic mass is 10.5. The van der Waals surface area contributed by atoms with Crippen molar-refractivity contribution in [1.82, 2.24) is 19.7 Å². The van der Waals surface area contributed by atoms with Gasteiger partial charge in [0.25, 0.3) is 12.4 Å². The summed E-state index contributed by atoms with van der Waals surface area (Å²) in [5.74, 6) is -0.553. The van der Waals surface area contributed by atoms with Gasteiger partial charge in [0.2, 0.25) is 0 Å². The molecule has 0 atom stereocenters. The van der Waals surface area contributed by atoms with E-state index in [4.69, 9.17) is 0 Å². The lowest BCUT2D eigenvalue weighted by molar-refractivity contribution is 0.145. The number of rotatable bonds is 2. The normalized spacial score (nSPS) is 10.9. The quantitative estimate of drug-likeness (QED) is 0.764. The average molecular weight is 214 g/mol. The molecule has 4 nitrogen and oxygen atoms in total. The van der Waals surface area contributed by atoms with Crippen molar-refractivity contribution in [2.45, 2.75) is 6.43 Å². The van der Waals surface area contributed by atoms with Gasteiger partial charge >= 0.3 is 0 Å². The van der Waals surface area contributed by atoms with E-state index < -0.39 is 12.2 Å². The van der Waals surface area contributed by atoms with Gasteiger partial charge in [0.05, 0.1) is 12.4 Å². The van der Waals surface area contributed by atoms with Crippen LogP contribution in [0.4, 0.5) is 13.2 Å². The van der Waals surface area contributed by atoms with E-state index in [1.165, 1.54) is 6.20 Å². The van der Waals surface area contributed by atoms with Crippen LogP contribution >= 0.6 is 0 Å². The molecule has 2 aromatic rings. The minimum atomic E-state index is -2.65. The highest BCUT2D eigenvalue weighted by atomic mass is 19.3. The van der Waals surface area contributed by atoms with Gasteiger partial charge in [-0.2, -0.15) is 5.10 Å². The van der Waals surface area contributed by atoms with Crippen LogP contribution in [0.15, 0.2) is 24.7 Å². The molecule has 2 aromatic heterocycles. The Morgan fingerprint density at radius 3 is 2.40 bits per heavy atom. The Labute approximate surface area is 82.4 Å². The Hall–Kier alpha value is -1.92. The molecule has 15 heavy (non-hydrogen) atoms. The van der Waals surface area contributed by atoms with Gasteiger partial charge in [0.15, 0.2) is 5.82 Å². The monoisotopic (exact) mass is 214 g/mol. The summed E-state index contributed by atoms with van der Waals surface area (Å²) in [6.45, 7) is 0. The molecule has 0 radical (unpaired) electrons. The summed E-state index contributed by atoms with van der Waals surface area (Å²) in [4.78, 5) is 7.18. The molecule has 2 heterocycles. The summed E-state index contributed by atoms with van der Waals surface area (Å²) >= 11 is 0. The standard InChI is InChI=1S/C8H5F3N4/c9-5-3-12-8(13-4-5)15-2-1-6(14-15)7(10)11/h1-4,7H. The van der Waals surface area contributed by atoms with Crippen LogP contribution in [0.1, 0.15) is 12.1 Å². The topological polar surface area (TPSA) is 43.6 Å². The molecule has 0 bridgehead atoms. The van der Waals surface area contributed by atoms with Crippen molar-refractivity contribution < 1.29 is 13.2 Å². The molecule has 7 heteroatoms. The first kappa shape index (κ1) is 9.63. The van der Waals surface area contributed by atoms with Crippen molar-refractivity contribution in [3.8, 4) is 5.95 Å². The zero-order valence-corrected chi connectivity index (χ0v) is 7.31. The lowest BCUT2D eigenvalue weighted by Crippen LogP contribution is -2.02. The first-order valence-corrected chi connectivity index (χ1v) is 3.98. The number of halogens is 3. The van der Waals surface area contributed by atoms with Gasteiger partial charge in [-0.15, -0.1) is 0 Å². The van der Waals surface area contributed by atoms with Crippen molar-refractivity contribution in [3.63, 3.8) is 0 Å². The molecular weight excluding hydrogens is 209 g/mol. The van der Waals surface area contributed by atoms with Crippen LogP contribution in [0.3, 0.4) is 0 Å². The zero-order valence-electron chi connectivity index (χ0n) is 7.31. The molecule has 0 aliphatic rings. The minimum Gasteiger partial charge on any atom is -0.217 e. The van der Waals surface area contributed by atoms with Crippen molar-refractivity contribution >= 4 is 0 Å². The Morgan fingerprint density at radius 1 is 1.20 bits per heavy atom. The highest BCUT2D eigenvalue weighted by Gasteiger charge is 2.11. The molecule has 78 valence electrons. The van der Waals surface area contributed by atoms with E-state index in [9.17, 15) is 13.2 Å². The predicted octanol–water partition coefficient (Wildman–Crippen LogP) is 1.74. The number of alkyl halides is 2. The molecular formula is C8H5F3N4. The molecule has 0 saturated carbocycles. The molecule has 0 aromatic carbocycles. The van der Waals surface area contributed by atoms with Crippen molar-refractivity contribution in [3.05, 3.63) is 36.2 Å². The molecule has 0 saturated heterocycles. The van der Waals surface area contributed by atoms with Gasteiger partial charge < -0.3 is 0 Å². The lowest BCUT2D eigenvalue weighted by Gasteiger charge is -1.97. The van der Waals surface area contributed by atoms with Crippen molar-refractivity contribution in [2.75, 3.05) is 0 Å². The van der Waals surface area contributed by atoms with Gasteiger partial charge in [0.1, 0.15) is 5.69 Å². The van der Waals surface area contributed by atoms with Gasteiger partial charge in [-0.25, -0.2) is 27.8 Å². The number of hydrogen-bond acceptors (Lipinski definition) is 3.